The van der Waals surface area contributed by atoms with Gasteiger partial charge in [-0.25, -0.2) is 9.98 Å². The second-order valence-corrected chi connectivity index (χ2v) is 5.58. The van der Waals surface area contributed by atoms with Crippen LogP contribution >= 0.6 is 0 Å². The lowest BCUT2D eigenvalue weighted by Gasteiger charge is -2.23. The number of hydrogen-bond acceptors (Lipinski definition) is 4. The van der Waals surface area contributed by atoms with Crippen molar-refractivity contribution in [1.82, 2.24) is 4.98 Å². The van der Waals surface area contributed by atoms with Crippen molar-refractivity contribution in [2.45, 2.75) is 19.3 Å². The van der Waals surface area contributed by atoms with Gasteiger partial charge in [0.1, 0.15) is 0 Å². The summed E-state index contributed by atoms with van der Waals surface area (Å²) in [7, 11) is -4.05. The quantitative estimate of drug-likeness (QED) is 0.791. The van der Waals surface area contributed by atoms with Crippen LogP contribution in [0.3, 0.4) is 0 Å². The van der Waals surface area contributed by atoms with Crippen LogP contribution < -0.4 is 0 Å². The van der Waals surface area contributed by atoms with Gasteiger partial charge in [0.2, 0.25) is 0 Å². The molecular weight excluding hydrogens is 228 g/mol. The Labute approximate surface area is 94.0 Å². The van der Waals surface area contributed by atoms with Crippen molar-refractivity contribution < 1.29 is 13.0 Å². The predicted octanol–water partition coefficient (Wildman–Crippen LogP) is 1.33. The highest BCUT2D eigenvalue weighted by atomic mass is 32.2. The van der Waals surface area contributed by atoms with Crippen molar-refractivity contribution in [3.05, 3.63) is 23.9 Å². The number of nitrogens with zero attached hydrogens (tertiary/aromatic N) is 2. The van der Waals surface area contributed by atoms with E-state index in [0.717, 1.165) is 5.56 Å². The molecule has 1 aliphatic rings. The number of fused-ring (bicyclic) bond motifs is 1. The minimum atomic E-state index is -4.05. The Balaban J connectivity index is 2.55. The largest absolute Gasteiger partial charge is 0.286 e. The van der Waals surface area contributed by atoms with Crippen molar-refractivity contribution in [1.29, 1.82) is 0 Å². The van der Waals surface area contributed by atoms with Crippen LogP contribution in [0.25, 0.3) is 0 Å². The summed E-state index contributed by atoms with van der Waals surface area (Å²) in [5, 5.41) is 0. The molecule has 2 heterocycles. The SMILES string of the molecule is CC1=Nc2ncccc2C1(C)CS(=O)(=O)O. The van der Waals surface area contributed by atoms with Gasteiger partial charge in [0.15, 0.2) is 5.82 Å². The molecule has 0 radical (unpaired) electrons. The van der Waals surface area contributed by atoms with Crippen LogP contribution in [0, 0.1) is 0 Å². The van der Waals surface area contributed by atoms with E-state index in [2.05, 4.69) is 9.98 Å². The monoisotopic (exact) mass is 240 g/mol. The van der Waals surface area contributed by atoms with E-state index in [0.29, 0.717) is 11.5 Å². The zero-order valence-electron chi connectivity index (χ0n) is 9.01. The van der Waals surface area contributed by atoms with Crippen LogP contribution in [-0.4, -0.2) is 29.4 Å². The molecule has 1 aromatic heterocycles. The first-order valence-electron chi connectivity index (χ1n) is 4.79. The van der Waals surface area contributed by atoms with Crippen molar-refractivity contribution in [3.63, 3.8) is 0 Å². The van der Waals surface area contributed by atoms with E-state index in [1.165, 1.54) is 0 Å². The van der Waals surface area contributed by atoms with Crippen LogP contribution in [0.15, 0.2) is 23.3 Å². The minimum Gasteiger partial charge on any atom is -0.286 e. The smallest absolute Gasteiger partial charge is 0.266 e. The maximum absolute atomic E-state index is 11.0. The Morgan fingerprint density at radius 3 is 2.81 bits per heavy atom. The summed E-state index contributed by atoms with van der Waals surface area (Å²) in [4.78, 5) is 8.29. The molecule has 1 atom stereocenters. The molecule has 0 bridgehead atoms. The second kappa shape index (κ2) is 3.36. The molecule has 1 aliphatic heterocycles. The van der Waals surface area contributed by atoms with Crippen molar-refractivity contribution >= 4 is 21.6 Å². The van der Waals surface area contributed by atoms with E-state index in [1.54, 1.807) is 32.2 Å². The van der Waals surface area contributed by atoms with Gasteiger partial charge in [-0.3, -0.25) is 4.55 Å². The van der Waals surface area contributed by atoms with Crippen LogP contribution in [0.2, 0.25) is 0 Å². The number of pyridine rings is 1. The third kappa shape index (κ3) is 1.74. The fourth-order valence-electron chi connectivity index (χ4n) is 1.94. The van der Waals surface area contributed by atoms with E-state index >= 15 is 0 Å². The van der Waals surface area contributed by atoms with Gasteiger partial charge in [-0.1, -0.05) is 6.07 Å². The lowest BCUT2D eigenvalue weighted by molar-refractivity contribution is 0.473. The highest BCUT2D eigenvalue weighted by molar-refractivity contribution is 7.85. The standard InChI is InChI=1S/C10H12N2O3S/c1-7-10(2,6-16(13,14)15)8-4-3-5-11-9(8)12-7/h3-5H,6H2,1-2H3,(H,13,14,15). The van der Waals surface area contributed by atoms with Gasteiger partial charge >= 0.3 is 0 Å². The van der Waals surface area contributed by atoms with E-state index in [4.69, 9.17) is 4.55 Å². The molecule has 5 nitrogen and oxygen atoms in total. The number of hydrogen-bond donors (Lipinski definition) is 1. The molecule has 0 saturated heterocycles. The molecule has 0 fully saturated rings. The second-order valence-electron chi connectivity index (χ2n) is 4.13. The van der Waals surface area contributed by atoms with Gasteiger partial charge in [-0.05, 0) is 19.9 Å². The Bertz CT molecular complexity index is 565. The number of aliphatic imine (C=N–C) groups is 1. The van der Waals surface area contributed by atoms with Gasteiger partial charge in [0.05, 0.1) is 11.2 Å². The van der Waals surface area contributed by atoms with Crippen molar-refractivity contribution in [3.8, 4) is 0 Å². The third-order valence-electron chi connectivity index (χ3n) is 2.92. The molecule has 0 saturated carbocycles. The van der Waals surface area contributed by atoms with Gasteiger partial charge < -0.3 is 0 Å². The highest BCUT2D eigenvalue weighted by Crippen LogP contribution is 2.39. The van der Waals surface area contributed by atoms with E-state index < -0.39 is 15.5 Å². The van der Waals surface area contributed by atoms with E-state index in [9.17, 15) is 8.42 Å². The van der Waals surface area contributed by atoms with Crippen molar-refractivity contribution in [2.24, 2.45) is 4.99 Å². The predicted molar refractivity (Wildman–Crippen MR) is 60.8 cm³/mol. The highest BCUT2D eigenvalue weighted by Gasteiger charge is 2.40. The van der Waals surface area contributed by atoms with Crippen LogP contribution in [0.4, 0.5) is 5.82 Å². The summed E-state index contributed by atoms with van der Waals surface area (Å²) in [5.74, 6) is 0.166. The first-order chi connectivity index (χ1) is 7.33. The average Bonchev–Trinajstić information content (AvgIpc) is 2.37. The zero-order valence-corrected chi connectivity index (χ0v) is 9.82. The molecule has 0 spiro atoms. The maximum Gasteiger partial charge on any atom is 0.266 e. The molecule has 1 N–H and O–H groups in total. The van der Waals surface area contributed by atoms with Gasteiger partial charge in [-0.2, -0.15) is 8.42 Å². The molecule has 2 rings (SSSR count). The van der Waals surface area contributed by atoms with Crippen LogP contribution in [0.5, 0.6) is 0 Å². The Kier molecular flexibility index (Phi) is 2.36. The lowest BCUT2D eigenvalue weighted by Crippen LogP contribution is -2.35. The summed E-state index contributed by atoms with van der Waals surface area (Å²) < 4.78 is 31.0. The first kappa shape index (κ1) is 11.2. The summed E-state index contributed by atoms with van der Waals surface area (Å²) in [6.45, 7) is 3.49. The minimum absolute atomic E-state index is 0.367. The topological polar surface area (TPSA) is 79.6 Å². The summed E-state index contributed by atoms with van der Waals surface area (Å²) in [6.07, 6.45) is 1.61. The lowest BCUT2D eigenvalue weighted by atomic mass is 9.83. The van der Waals surface area contributed by atoms with Gasteiger partial charge in [-0.15, -0.1) is 0 Å². The summed E-state index contributed by atoms with van der Waals surface area (Å²) in [5.41, 5.74) is 0.612. The Morgan fingerprint density at radius 2 is 2.19 bits per heavy atom. The molecule has 0 aromatic carbocycles. The fraction of sp³-hybridized carbons (Fsp3) is 0.400. The Hall–Kier alpha value is -1.27. The molecule has 0 aliphatic carbocycles. The zero-order chi connectivity index (χ0) is 12.0. The molecule has 86 valence electrons. The molecule has 1 unspecified atom stereocenters. The van der Waals surface area contributed by atoms with E-state index in [1.807, 2.05) is 0 Å². The van der Waals surface area contributed by atoms with Gasteiger partial charge in [0.25, 0.3) is 10.1 Å². The van der Waals surface area contributed by atoms with Crippen LogP contribution in [0.1, 0.15) is 19.4 Å². The van der Waals surface area contributed by atoms with E-state index in [-0.39, 0.29) is 5.75 Å². The Morgan fingerprint density at radius 1 is 1.50 bits per heavy atom. The van der Waals surface area contributed by atoms with Crippen LogP contribution in [-0.2, 0) is 15.5 Å². The molecule has 6 heteroatoms. The molecule has 0 amide bonds. The first-order valence-corrected chi connectivity index (χ1v) is 6.40. The number of rotatable bonds is 2. The van der Waals surface area contributed by atoms with Crippen molar-refractivity contribution in [2.75, 3.05) is 5.75 Å². The summed E-state index contributed by atoms with van der Waals surface area (Å²) >= 11 is 0. The molecule has 1 aromatic rings. The molecular formula is C10H12N2O3S. The maximum atomic E-state index is 11.0. The molecule has 16 heavy (non-hydrogen) atoms. The average molecular weight is 240 g/mol. The third-order valence-corrected chi connectivity index (χ3v) is 3.87. The van der Waals surface area contributed by atoms with Gasteiger partial charge in [0, 0.05) is 17.5 Å². The summed E-state index contributed by atoms with van der Waals surface area (Å²) in [6, 6.07) is 3.52. The fourth-order valence-corrected chi connectivity index (χ4v) is 3.03. The normalized spacial score (nSPS) is 24.1. The number of aromatic nitrogens is 1.